The number of hydrogen-bond donors (Lipinski definition) is 1. The standard InChI is InChI=1S/C32H41N3O9S/c1-17-26-25(18(2)36)30(39)35(26)27(28(17)45-21-14-23(29(38)33(4)5)34(15-21)19(3)37)31(40)42-16-43-32(41)44-24-13-9-7-11-20-10-6-8-12-22(20)24/h6,8,10,12,17-18,21,23-26,36H,7,9,11,13-16H2,1-5H3/t17-,18-,21+,23+,24+,25-,26-/m1/s1. The number of hydrogen-bond acceptors (Lipinski definition) is 10. The van der Waals surface area contributed by atoms with Crippen molar-refractivity contribution in [2.24, 2.45) is 11.8 Å². The highest BCUT2D eigenvalue weighted by Crippen LogP contribution is 2.52. The third kappa shape index (κ3) is 6.42. The van der Waals surface area contributed by atoms with Crippen molar-refractivity contribution in [1.29, 1.82) is 0 Å². The number of aliphatic hydroxyl groups is 1. The molecule has 1 aromatic carbocycles. The summed E-state index contributed by atoms with van der Waals surface area (Å²) < 4.78 is 16.1. The fourth-order valence-electron chi connectivity index (χ4n) is 6.96. The number of thioether (sulfide) groups is 1. The second kappa shape index (κ2) is 13.4. The third-order valence-corrected chi connectivity index (χ3v) is 10.7. The number of carbonyl (C=O) groups excluding carboxylic acids is 5. The Balaban J connectivity index is 1.28. The first-order chi connectivity index (χ1) is 21.4. The van der Waals surface area contributed by atoms with Crippen LogP contribution in [0.5, 0.6) is 0 Å². The minimum absolute atomic E-state index is 0.0332. The largest absolute Gasteiger partial charge is 0.511 e. The lowest BCUT2D eigenvalue weighted by Gasteiger charge is -2.46. The maximum atomic E-state index is 13.5. The maximum absolute atomic E-state index is 13.5. The van der Waals surface area contributed by atoms with E-state index in [0.717, 1.165) is 30.4 Å². The fraction of sp³-hybridized carbons (Fsp3) is 0.594. The molecule has 0 saturated carbocycles. The van der Waals surface area contributed by atoms with Crippen LogP contribution in [0.2, 0.25) is 0 Å². The Labute approximate surface area is 267 Å². The van der Waals surface area contributed by atoms with Gasteiger partial charge in [0.25, 0.3) is 0 Å². The average Bonchev–Trinajstić information content (AvgIpc) is 3.43. The van der Waals surface area contributed by atoms with E-state index in [-0.39, 0.29) is 28.7 Å². The molecule has 1 N–H and O–H groups in total. The summed E-state index contributed by atoms with van der Waals surface area (Å²) in [7, 11) is 3.27. The number of rotatable bonds is 8. The van der Waals surface area contributed by atoms with E-state index < -0.39 is 55.0 Å². The molecule has 13 heteroatoms. The van der Waals surface area contributed by atoms with E-state index in [1.807, 2.05) is 31.2 Å². The van der Waals surface area contributed by atoms with Gasteiger partial charge in [0.1, 0.15) is 17.8 Å². The van der Waals surface area contributed by atoms with Gasteiger partial charge >= 0.3 is 12.1 Å². The zero-order valence-electron chi connectivity index (χ0n) is 26.3. The van der Waals surface area contributed by atoms with Crippen LogP contribution in [0, 0.1) is 11.8 Å². The quantitative estimate of drug-likeness (QED) is 0.194. The molecule has 3 amide bonds. The smallest absolute Gasteiger partial charge is 0.426 e. The molecule has 0 radical (unpaired) electrons. The van der Waals surface area contributed by atoms with Gasteiger partial charge in [-0.3, -0.25) is 14.4 Å². The van der Waals surface area contributed by atoms with Gasteiger partial charge in [-0.1, -0.05) is 31.2 Å². The van der Waals surface area contributed by atoms with Gasteiger partial charge in [-0.05, 0) is 50.2 Å². The lowest BCUT2D eigenvalue weighted by Crippen LogP contribution is -2.63. The molecule has 2 fully saturated rings. The van der Waals surface area contributed by atoms with Crippen molar-refractivity contribution in [3.63, 3.8) is 0 Å². The molecule has 7 atom stereocenters. The normalized spacial score (nSPS) is 28.0. The second-order valence-corrected chi connectivity index (χ2v) is 13.7. The highest BCUT2D eigenvalue weighted by molar-refractivity contribution is 8.03. The Morgan fingerprint density at radius 2 is 1.87 bits per heavy atom. The maximum Gasteiger partial charge on any atom is 0.511 e. The predicted molar refractivity (Wildman–Crippen MR) is 163 cm³/mol. The molecule has 0 spiro atoms. The monoisotopic (exact) mass is 643 g/mol. The van der Waals surface area contributed by atoms with Gasteiger partial charge in [-0.25, -0.2) is 9.59 Å². The van der Waals surface area contributed by atoms with Crippen LogP contribution in [0.25, 0.3) is 0 Å². The van der Waals surface area contributed by atoms with Crippen molar-refractivity contribution in [3.05, 3.63) is 46.0 Å². The number of fused-ring (bicyclic) bond motifs is 2. The zero-order valence-corrected chi connectivity index (χ0v) is 27.1. The molecule has 12 nitrogen and oxygen atoms in total. The predicted octanol–water partition coefficient (Wildman–Crippen LogP) is 2.99. The van der Waals surface area contributed by atoms with Crippen LogP contribution in [0.1, 0.15) is 63.7 Å². The molecule has 3 heterocycles. The van der Waals surface area contributed by atoms with Crippen molar-refractivity contribution in [2.75, 3.05) is 27.4 Å². The van der Waals surface area contributed by atoms with Crippen molar-refractivity contribution in [3.8, 4) is 0 Å². The van der Waals surface area contributed by atoms with Gasteiger partial charge in [-0.2, -0.15) is 0 Å². The summed E-state index contributed by atoms with van der Waals surface area (Å²) in [6, 6.07) is 6.72. The summed E-state index contributed by atoms with van der Waals surface area (Å²) in [5.41, 5.74) is 2.10. The van der Waals surface area contributed by atoms with Gasteiger partial charge in [0, 0.05) is 43.6 Å². The Kier molecular flexibility index (Phi) is 9.78. The van der Waals surface area contributed by atoms with Crippen LogP contribution in [-0.2, 0) is 39.8 Å². The molecule has 1 aromatic rings. The van der Waals surface area contributed by atoms with Crippen LogP contribution < -0.4 is 0 Å². The molecule has 0 aromatic heterocycles. The Morgan fingerprint density at radius 1 is 1.13 bits per heavy atom. The minimum atomic E-state index is -0.966. The van der Waals surface area contributed by atoms with E-state index in [2.05, 4.69) is 0 Å². The van der Waals surface area contributed by atoms with E-state index in [1.165, 1.54) is 33.4 Å². The molecule has 244 valence electrons. The Bertz CT molecular complexity index is 1400. The lowest BCUT2D eigenvalue weighted by molar-refractivity contribution is -0.167. The number of likely N-dealkylation sites (N-methyl/N-ethyl adjacent to an activating group) is 1. The first kappa shape index (κ1) is 32.8. The number of carbonyl (C=O) groups is 5. The molecule has 2 saturated heterocycles. The summed E-state index contributed by atoms with van der Waals surface area (Å²) >= 11 is 1.34. The Morgan fingerprint density at radius 3 is 2.56 bits per heavy atom. The van der Waals surface area contributed by atoms with Gasteiger partial charge in [-0.15, -0.1) is 11.8 Å². The molecular formula is C32H41N3O9S. The van der Waals surface area contributed by atoms with Gasteiger partial charge in [0.15, 0.2) is 0 Å². The number of ether oxygens (including phenoxy) is 3. The first-order valence-corrected chi connectivity index (χ1v) is 16.3. The van der Waals surface area contributed by atoms with Gasteiger partial charge in [0.2, 0.25) is 24.5 Å². The van der Waals surface area contributed by atoms with Crippen LogP contribution in [-0.4, -0.2) is 101 Å². The highest BCUT2D eigenvalue weighted by atomic mass is 32.2. The van der Waals surface area contributed by atoms with Crippen molar-refractivity contribution in [2.45, 2.75) is 82.4 Å². The molecule has 45 heavy (non-hydrogen) atoms. The number of aryl methyl sites for hydroxylation is 1. The number of β-lactam (4-membered cyclic amide) rings is 1. The number of nitrogens with zero attached hydrogens (tertiary/aromatic N) is 3. The fourth-order valence-corrected chi connectivity index (χ4v) is 8.48. The van der Waals surface area contributed by atoms with E-state index in [0.29, 0.717) is 24.3 Å². The van der Waals surface area contributed by atoms with Crippen molar-refractivity contribution >= 4 is 41.6 Å². The molecule has 4 aliphatic rings. The van der Waals surface area contributed by atoms with Crippen LogP contribution in [0.4, 0.5) is 4.79 Å². The van der Waals surface area contributed by atoms with E-state index in [9.17, 15) is 29.1 Å². The zero-order chi connectivity index (χ0) is 32.6. The number of esters is 1. The summed E-state index contributed by atoms with van der Waals surface area (Å²) in [5, 5.41) is 10.1. The summed E-state index contributed by atoms with van der Waals surface area (Å²) in [6.45, 7) is 4.41. The number of benzene rings is 1. The molecular weight excluding hydrogens is 602 g/mol. The SMILES string of the molecule is CC(=O)N1C[C@@H](SC2=C(C(=O)OCOC(=O)O[C@H]3CCCCc4ccccc43)N3C(=O)[C@H]([C@@H](C)O)[C@H]3[C@H]2C)C[C@H]1C(=O)N(C)C. The lowest BCUT2D eigenvalue weighted by atomic mass is 9.79. The molecule has 1 aliphatic carbocycles. The Hall–Kier alpha value is -3.58. The first-order valence-electron chi connectivity index (χ1n) is 15.4. The minimum Gasteiger partial charge on any atom is -0.426 e. The average molecular weight is 644 g/mol. The molecule has 5 rings (SSSR count). The summed E-state index contributed by atoms with van der Waals surface area (Å²) in [6.07, 6.45) is 1.47. The topological polar surface area (TPSA) is 143 Å². The second-order valence-electron chi connectivity index (χ2n) is 12.4. The van der Waals surface area contributed by atoms with Crippen LogP contribution in [0.3, 0.4) is 0 Å². The number of likely N-dealkylation sites (tertiary alicyclic amines) is 1. The number of aliphatic hydroxyl groups excluding tert-OH is 1. The van der Waals surface area contributed by atoms with E-state index >= 15 is 0 Å². The highest BCUT2D eigenvalue weighted by Gasteiger charge is 2.60. The summed E-state index contributed by atoms with van der Waals surface area (Å²) in [5.74, 6) is -2.66. The summed E-state index contributed by atoms with van der Waals surface area (Å²) in [4.78, 5) is 69.3. The van der Waals surface area contributed by atoms with Crippen molar-refractivity contribution < 1.29 is 43.3 Å². The van der Waals surface area contributed by atoms with Crippen LogP contribution >= 0.6 is 11.8 Å². The van der Waals surface area contributed by atoms with Crippen molar-refractivity contribution in [1.82, 2.24) is 14.7 Å². The van der Waals surface area contributed by atoms with Gasteiger partial charge < -0.3 is 34.0 Å². The van der Waals surface area contributed by atoms with E-state index in [1.54, 1.807) is 21.0 Å². The molecule has 0 unspecified atom stereocenters. The molecule has 0 bridgehead atoms. The van der Waals surface area contributed by atoms with Crippen LogP contribution in [0.15, 0.2) is 34.9 Å². The third-order valence-electron chi connectivity index (χ3n) is 9.16. The number of amides is 3. The van der Waals surface area contributed by atoms with E-state index in [4.69, 9.17) is 14.2 Å². The molecule has 3 aliphatic heterocycles. The van der Waals surface area contributed by atoms with Gasteiger partial charge in [0.05, 0.1) is 18.1 Å².